The molecule has 1 aliphatic carbocycles. The van der Waals surface area contributed by atoms with Crippen LogP contribution in [0.5, 0.6) is 5.75 Å². The lowest BCUT2D eigenvalue weighted by Gasteiger charge is -2.31. The van der Waals surface area contributed by atoms with E-state index in [1.807, 2.05) is 0 Å². The monoisotopic (exact) mass is 464 g/mol. The first-order valence-electron chi connectivity index (χ1n) is 12.2. The normalized spacial score (nSPS) is 15.6. The Morgan fingerprint density at radius 1 is 1.15 bits per heavy atom. The van der Waals surface area contributed by atoms with Crippen molar-refractivity contribution in [3.63, 3.8) is 0 Å². The highest BCUT2D eigenvalue weighted by atomic mass is 16.3. The summed E-state index contributed by atoms with van der Waals surface area (Å²) in [6.07, 6.45) is 8.70. The zero-order valence-corrected chi connectivity index (χ0v) is 19.9. The number of aromatic nitrogens is 1. The molecule has 7 heteroatoms. The maximum absolute atomic E-state index is 10.7. The summed E-state index contributed by atoms with van der Waals surface area (Å²) in [6, 6.07) is 14.1. The van der Waals surface area contributed by atoms with Gasteiger partial charge in [0.05, 0.1) is 11.8 Å². The molecule has 0 radical (unpaired) electrons. The van der Waals surface area contributed by atoms with Crippen LogP contribution in [0.4, 0.5) is 5.69 Å². The molecule has 1 aromatic heterocycles. The Morgan fingerprint density at radius 2 is 1.97 bits per heavy atom. The van der Waals surface area contributed by atoms with E-state index in [-0.39, 0.29) is 11.4 Å². The van der Waals surface area contributed by atoms with Crippen LogP contribution in [0.15, 0.2) is 48.7 Å². The second-order valence-corrected chi connectivity index (χ2v) is 9.36. The van der Waals surface area contributed by atoms with Gasteiger partial charge in [0.2, 0.25) is 6.41 Å². The van der Waals surface area contributed by atoms with Crippen molar-refractivity contribution in [2.24, 2.45) is 0 Å². The molecule has 0 saturated heterocycles. The number of amides is 1. The first-order chi connectivity index (χ1) is 16.5. The lowest BCUT2D eigenvalue weighted by atomic mass is 9.94. The molecular formula is C27H36N4O3. The lowest BCUT2D eigenvalue weighted by Crippen LogP contribution is -2.35. The molecule has 1 aliphatic rings. The second kappa shape index (κ2) is 11.5. The molecule has 2 aromatic carbocycles. The van der Waals surface area contributed by atoms with Crippen LogP contribution in [0.25, 0.3) is 10.9 Å². The summed E-state index contributed by atoms with van der Waals surface area (Å²) in [5.74, 6) is -0.0307. The number of likely N-dealkylation sites (N-methyl/N-ethyl adjacent to an activating group) is 1. The molecule has 4 N–H and O–H groups in total. The summed E-state index contributed by atoms with van der Waals surface area (Å²) < 4.78 is 2.34. The minimum Gasteiger partial charge on any atom is -0.506 e. The molecule has 182 valence electrons. The fourth-order valence-corrected chi connectivity index (χ4v) is 4.94. The van der Waals surface area contributed by atoms with Crippen LogP contribution in [-0.4, -0.2) is 52.3 Å². The van der Waals surface area contributed by atoms with E-state index in [0.29, 0.717) is 25.1 Å². The molecule has 1 heterocycles. The Morgan fingerprint density at radius 3 is 2.76 bits per heavy atom. The summed E-state index contributed by atoms with van der Waals surface area (Å²) >= 11 is 0. The Balaban J connectivity index is 1.29. The van der Waals surface area contributed by atoms with Crippen molar-refractivity contribution in [3.05, 3.63) is 59.8 Å². The third-order valence-electron chi connectivity index (χ3n) is 7.01. The molecule has 1 saturated carbocycles. The molecule has 0 spiro atoms. The van der Waals surface area contributed by atoms with Gasteiger partial charge in [-0.05, 0) is 66.7 Å². The number of aliphatic hydroxyl groups excluding tert-OH is 1. The Hall–Kier alpha value is -2.87. The van der Waals surface area contributed by atoms with Crippen LogP contribution in [0.1, 0.15) is 49.3 Å². The number of phenols is 1. The van der Waals surface area contributed by atoms with Gasteiger partial charge in [-0.3, -0.25) is 4.79 Å². The Labute approximate surface area is 201 Å². The van der Waals surface area contributed by atoms with Gasteiger partial charge in [-0.1, -0.05) is 31.4 Å². The Bertz CT molecular complexity index is 1090. The fourth-order valence-electron chi connectivity index (χ4n) is 4.94. The number of benzene rings is 2. The number of aliphatic hydroxyl groups is 1. The van der Waals surface area contributed by atoms with Gasteiger partial charge in [-0.25, -0.2) is 0 Å². The van der Waals surface area contributed by atoms with E-state index in [1.54, 1.807) is 12.1 Å². The van der Waals surface area contributed by atoms with E-state index in [2.05, 4.69) is 57.6 Å². The largest absolute Gasteiger partial charge is 0.506 e. The van der Waals surface area contributed by atoms with Crippen LogP contribution >= 0.6 is 0 Å². The van der Waals surface area contributed by atoms with Gasteiger partial charge in [-0.15, -0.1) is 0 Å². The molecule has 4 rings (SSSR count). The molecule has 34 heavy (non-hydrogen) atoms. The van der Waals surface area contributed by atoms with Crippen molar-refractivity contribution >= 4 is 23.0 Å². The molecule has 7 nitrogen and oxygen atoms in total. The number of rotatable bonds is 11. The number of aromatic hydroxyl groups is 1. The predicted octanol–water partition coefficient (Wildman–Crippen LogP) is 4.00. The number of anilines is 1. The number of hydrogen-bond donors (Lipinski definition) is 4. The molecule has 0 aliphatic heterocycles. The van der Waals surface area contributed by atoms with Gasteiger partial charge in [0.25, 0.3) is 0 Å². The lowest BCUT2D eigenvalue weighted by molar-refractivity contribution is -0.105. The molecule has 1 fully saturated rings. The zero-order chi connectivity index (χ0) is 23.9. The van der Waals surface area contributed by atoms with Crippen LogP contribution in [0, 0.1) is 0 Å². The van der Waals surface area contributed by atoms with Crippen LogP contribution in [0.3, 0.4) is 0 Å². The number of hydrogen-bond acceptors (Lipinski definition) is 5. The van der Waals surface area contributed by atoms with Crippen molar-refractivity contribution in [2.75, 3.05) is 25.5 Å². The van der Waals surface area contributed by atoms with Crippen molar-refractivity contribution in [1.29, 1.82) is 0 Å². The quantitative estimate of drug-likeness (QED) is 0.254. The molecule has 1 amide bonds. The average molecular weight is 465 g/mol. The van der Waals surface area contributed by atoms with Crippen molar-refractivity contribution in [3.8, 4) is 5.75 Å². The van der Waals surface area contributed by atoms with E-state index >= 15 is 0 Å². The molecule has 0 unspecified atom stereocenters. The SMILES string of the molecule is CN(CCn1ccc2cc(CNC[C@H](O)c3ccc(O)c(NC=O)c3)ccc21)C1CCCCC1. The average Bonchev–Trinajstić information content (AvgIpc) is 3.26. The maximum Gasteiger partial charge on any atom is 0.211 e. The number of nitrogens with one attached hydrogen (secondary N) is 2. The van der Waals surface area contributed by atoms with Gasteiger partial charge >= 0.3 is 0 Å². The van der Waals surface area contributed by atoms with E-state index in [1.165, 1.54) is 49.1 Å². The number of fused-ring (bicyclic) bond motifs is 1. The minimum atomic E-state index is -0.751. The van der Waals surface area contributed by atoms with E-state index in [0.717, 1.165) is 24.7 Å². The van der Waals surface area contributed by atoms with E-state index < -0.39 is 6.10 Å². The number of carbonyl (C=O) groups excluding carboxylic acids is 1. The highest BCUT2D eigenvalue weighted by Crippen LogP contribution is 2.27. The van der Waals surface area contributed by atoms with Gasteiger partial charge in [0.1, 0.15) is 5.75 Å². The summed E-state index contributed by atoms with van der Waals surface area (Å²) in [5, 5.41) is 27.2. The van der Waals surface area contributed by atoms with E-state index in [9.17, 15) is 15.0 Å². The molecule has 1 atom stereocenters. The topological polar surface area (TPSA) is 89.8 Å². The van der Waals surface area contributed by atoms with Crippen LogP contribution in [0.2, 0.25) is 0 Å². The highest BCUT2D eigenvalue weighted by Gasteiger charge is 2.17. The van der Waals surface area contributed by atoms with Gasteiger partial charge in [-0.2, -0.15) is 0 Å². The van der Waals surface area contributed by atoms with Crippen molar-refractivity contribution < 1.29 is 15.0 Å². The number of nitrogens with zero attached hydrogens (tertiary/aromatic N) is 2. The summed E-state index contributed by atoms with van der Waals surface area (Å²) in [4.78, 5) is 13.2. The third-order valence-corrected chi connectivity index (χ3v) is 7.01. The van der Waals surface area contributed by atoms with Crippen molar-refractivity contribution in [1.82, 2.24) is 14.8 Å². The molecular weight excluding hydrogens is 428 g/mol. The smallest absolute Gasteiger partial charge is 0.211 e. The van der Waals surface area contributed by atoms with E-state index in [4.69, 9.17) is 0 Å². The predicted molar refractivity (Wildman–Crippen MR) is 136 cm³/mol. The highest BCUT2D eigenvalue weighted by molar-refractivity contribution is 5.81. The minimum absolute atomic E-state index is 0.0307. The molecule has 3 aromatic rings. The van der Waals surface area contributed by atoms with Crippen LogP contribution in [-0.2, 0) is 17.9 Å². The van der Waals surface area contributed by atoms with Crippen molar-refractivity contribution in [2.45, 2.75) is 57.3 Å². The number of phenolic OH excluding ortho intramolecular Hbond substituents is 1. The fraction of sp³-hybridized carbons (Fsp3) is 0.444. The second-order valence-electron chi connectivity index (χ2n) is 9.36. The first-order valence-corrected chi connectivity index (χ1v) is 12.2. The van der Waals surface area contributed by atoms with Gasteiger partial charge in [0.15, 0.2) is 0 Å². The standard InChI is InChI=1S/C27H36N4O3/c1-30(23-5-3-2-4-6-23)13-14-31-12-11-21-15-20(7-9-25(21)31)17-28-18-27(34)22-8-10-26(33)24(16-22)29-19-32/h7-12,15-16,19,23,27-28,33-34H,2-6,13-14,17-18H2,1H3,(H,29,32)/t27-/m0/s1. The Kier molecular flexibility index (Phi) is 8.21. The number of carbonyl (C=O) groups is 1. The van der Waals surface area contributed by atoms with Gasteiger partial charge in [0, 0.05) is 43.9 Å². The summed E-state index contributed by atoms with van der Waals surface area (Å²) in [7, 11) is 2.26. The van der Waals surface area contributed by atoms with Gasteiger partial charge < -0.3 is 30.3 Å². The third kappa shape index (κ3) is 5.97. The first kappa shape index (κ1) is 24.3. The molecule has 0 bridgehead atoms. The summed E-state index contributed by atoms with van der Waals surface area (Å²) in [6.45, 7) is 3.06. The maximum atomic E-state index is 10.7. The summed E-state index contributed by atoms with van der Waals surface area (Å²) in [5.41, 5.74) is 3.32. The van der Waals surface area contributed by atoms with Crippen LogP contribution < -0.4 is 10.6 Å². The zero-order valence-electron chi connectivity index (χ0n) is 19.9.